The number of rotatable bonds is 8. The first-order valence-electron chi connectivity index (χ1n) is 7.47. The largest absolute Gasteiger partial charge is 0.573 e. The van der Waals surface area contributed by atoms with Crippen molar-refractivity contribution in [3.63, 3.8) is 0 Å². The maximum atomic E-state index is 12.3. The van der Waals surface area contributed by atoms with Crippen LogP contribution >= 0.6 is 0 Å². The van der Waals surface area contributed by atoms with Crippen LogP contribution < -0.4 is 20.1 Å². The summed E-state index contributed by atoms with van der Waals surface area (Å²) in [6.07, 6.45) is -4.80. The molecule has 0 heterocycles. The normalized spacial score (nSPS) is 10.8. The molecule has 2 N–H and O–H groups in total. The van der Waals surface area contributed by atoms with Crippen LogP contribution in [0.2, 0.25) is 0 Å². The number of hydrogen-bond donors (Lipinski definition) is 2. The summed E-state index contributed by atoms with van der Waals surface area (Å²) < 4.78 is 46.3. The van der Waals surface area contributed by atoms with Crippen LogP contribution in [0.4, 0.5) is 18.9 Å². The molecule has 0 saturated heterocycles. The van der Waals surface area contributed by atoms with Gasteiger partial charge in [0.05, 0.1) is 18.8 Å². The molecule has 2 rings (SSSR count). The van der Waals surface area contributed by atoms with Crippen LogP contribution in [0, 0.1) is 0 Å². The lowest BCUT2D eigenvalue weighted by atomic mass is 10.3. The minimum atomic E-state index is -4.80. The molecule has 0 atom stereocenters. The van der Waals surface area contributed by atoms with E-state index >= 15 is 0 Å². The molecule has 1 amide bonds. The summed E-state index contributed by atoms with van der Waals surface area (Å²) in [6.45, 7) is 0.364. The standard InChI is InChI=1S/C17H17F3N2O3/c18-17(19,20)25-15-9-5-4-8-14(15)22-12-16(23)21-10-11-24-13-6-2-1-3-7-13/h1-9,22H,10-12H2,(H,21,23). The van der Waals surface area contributed by atoms with Crippen LogP contribution in [0.5, 0.6) is 11.5 Å². The smallest absolute Gasteiger partial charge is 0.492 e. The monoisotopic (exact) mass is 354 g/mol. The van der Waals surface area contributed by atoms with Crippen LogP contribution in [0.3, 0.4) is 0 Å². The molecule has 2 aromatic rings. The Balaban J connectivity index is 1.73. The number of nitrogens with one attached hydrogen (secondary N) is 2. The third kappa shape index (κ3) is 7.03. The lowest BCUT2D eigenvalue weighted by molar-refractivity contribution is -0.274. The van der Waals surface area contributed by atoms with E-state index in [1.807, 2.05) is 18.2 Å². The van der Waals surface area contributed by atoms with Gasteiger partial charge in [0, 0.05) is 0 Å². The summed E-state index contributed by atoms with van der Waals surface area (Å²) in [5.74, 6) is -0.0817. The minimum Gasteiger partial charge on any atom is -0.492 e. The molecule has 0 fully saturated rings. The first kappa shape index (κ1) is 18.4. The lowest BCUT2D eigenvalue weighted by Gasteiger charge is -2.14. The fraction of sp³-hybridized carbons (Fsp3) is 0.235. The van der Waals surface area contributed by atoms with Crippen molar-refractivity contribution in [2.45, 2.75) is 6.36 Å². The van der Waals surface area contributed by atoms with E-state index in [0.717, 1.165) is 0 Å². The molecule has 8 heteroatoms. The maximum Gasteiger partial charge on any atom is 0.573 e. The van der Waals surface area contributed by atoms with Gasteiger partial charge in [-0.15, -0.1) is 13.2 Å². The van der Waals surface area contributed by atoms with E-state index in [2.05, 4.69) is 15.4 Å². The van der Waals surface area contributed by atoms with Gasteiger partial charge in [0.15, 0.2) is 5.75 Å². The molecule has 0 radical (unpaired) electrons. The molecule has 0 aliphatic heterocycles. The molecule has 5 nitrogen and oxygen atoms in total. The van der Waals surface area contributed by atoms with Gasteiger partial charge in [0.25, 0.3) is 0 Å². The first-order valence-corrected chi connectivity index (χ1v) is 7.47. The molecule has 0 aliphatic carbocycles. The summed E-state index contributed by atoms with van der Waals surface area (Å²) in [5.41, 5.74) is 0.0792. The highest BCUT2D eigenvalue weighted by atomic mass is 19.4. The van der Waals surface area contributed by atoms with Crippen LogP contribution in [0.1, 0.15) is 0 Å². The van der Waals surface area contributed by atoms with E-state index in [9.17, 15) is 18.0 Å². The second kappa shape index (κ2) is 8.81. The van der Waals surface area contributed by atoms with Gasteiger partial charge in [0.2, 0.25) is 5.91 Å². The molecule has 0 aliphatic rings. The molecule has 134 valence electrons. The summed E-state index contributed by atoms with van der Waals surface area (Å²) in [5, 5.41) is 5.22. The number of carbonyl (C=O) groups is 1. The van der Waals surface area contributed by atoms with E-state index in [-0.39, 0.29) is 31.3 Å². The van der Waals surface area contributed by atoms with E-state index in [1.54, 1.807) is 12.1 Å². The highest BCUT2D eigenvalue weighted by Crippen LogP contribution is 2.29. The van der Waals surface area contributed by atoms with Gasteiger partial charge in [0.1, 0.15) is 12.4 Å². The molecular formula is C17H17F3N2O3. The van der Waals surface area contributed by atoms with Crippen LogP contribution in [-0.4, -0.2) is 32.0 Å². The molecule has 0 bridgehead atoms. The van der Waals surface area contributed by atoms with Gasteiger partial charge in [-0.1, -0.05) is 30.3 Å². The summed E-state index contributed by atoms with van der Waals surface area (Å²) in [4.78, 5) is 11.7. The topological polar surface area (TPSA) is 59.6 Å². The summed E-state index contributed by atoms with van der Waals surface area (Å²) >= 11 is 0. The molecule has 0 unspecified atom stereocenters. The number of amides is 1. The van der Waals surface area contributed by atoms with Crippen molar-refractivity contribution in [1.29, 1.82) is 0 Å². The zero-order valence-corrected chi connectivity index (χ0v) is 13.2. The first-order chi connectivity index (χ1) is 11.9. The molecule has 2 aromatic carbocycles. The van der Waals surface area contributed by atoms with Gasteiger partial charge >= 0.3 is 6.36 Å². The third-order valence-corrected chi connectivity index (χ3v) is 2.99. The Morgan fingerprint density at radius 2 is 1.68 bits per heavy atom. The lowest BCUT2D eigenvalue weighted by Crippen LogP contribution is -2.33. The van der Waals surface area contributed by atoms with Crippen LogP contribution in [-0.2, 0) is 4.79 Å². The highest BCUT2D eigenvalue weighted by molar-refractivity contribution is 5.81. The Labute approximate surface area is 142 Å². The zero-order chi connectivity index (χ0) is 18.1. The third-order valence-electron chi connectivity index (χ3n) is 2.99. The average molecular weight is 354 g/mol. The summed E-state index contributed by atoms with van der Waals surface area (Å²) in [7, 11) is 0. The van der Waals surface area contributed by atoms with Crippen molar-refractivity contribution in [2.24, 2.45) is 0 Å². The number of anilines is 1. The number of ether oxygens (including phenoxy) is 2. The second-order valence-corrected chi connectivity index (χ2v) is 4.91. The van der Waals surface area contributed by atoms with E-state index in [4.69, 9.17) is 4.74 Å². The highest BCUT2D eigenvalue weighted by Gasteiger charge is 2.32. The van der Waals surface area contributed by atoms with Crippen molar-refractivity contribution in [3.05, 3.63) is 54.6 Å². The van der Waals surface area contributed by atoms with Gasteiger partial charge in [-0.05, 0) is 24.3 Å². The molecule has 25 heavy (non-hydrogen) atoms. The van der Waals surface area contributed by atoms with E-state index in [1.165, 1.54) is 24.3 Å². The predicted molar refractivity (Wildman–Crippen MR) is 86.6 cm³/mol. The maximum absolute atomic E-state index is 12.3. The number of carbonyl (C=O) groups excluding carboxylic acids is 1. The number of para-hydroxylation sites is 3. The molecule has 0 saturated carbocycles. The Kier molecular flexibility index (Phi) is 6.50. The van der Waals surface area contributed by atoms with Crippen molar-refractivity contribution < 1.29 is 27.4 Å². The molecule has 0 aromatic heterocycles. The van der Waals surface area contributed by atoms with Crippen LogP contribution in [0.25, 0.3) is 0 Å². The quantitative estimate of drug-likeness (QED) is 0.715. The Hall–Kier alpha value is -2.90. The molecular weight excluding hydrogens is 337 g/mol. The Morgan fingerprint density at radius 3 is 2.40 bits per heavy atom. The number of benzene rings is 2. The van der Waals surface area contributed by atoms with Gasteiger partial charge in [-0.25, -0.2) is 0 Å². The summed E-state index contributed by atoms with van der Waals surface area (Å²) in [6, 6.07) is 14.6. The van der Waals surface area contributed by atoms with Crippen molar-refractivity contribution in [2.75, 3.05) is 25.0 Å². The number of hydrogen-bond acceptors (Lipinski definition) is 4. The van der Waals surface area contributed by atoms with Crippen molar-refractivity contribution in [3.8, 4) is 11.5 Å². The van der Waals surface area contributed by atoms with Gasteiger partial charge in [-0.2, -0.15) is 0 Å². The Bertz CT molecular complexity index is 678. The van der Waals surface area contributed by atoms with E-state index in [0.29, 0.717) is 5.75 Å². The zero-order valence-electron chi connectivity index (χ0n) is 13.2. The van der Waals surface area contributed by atoms with Gasteiger partial charge < -0.3 is 20.1 Å². The molecule has 0 spiro atoms. The second-order valence-electron chi connectivity index (χ2n) is 4.91. The fourth-order valence-corrected chi connectivity index (χ4v) is 1.94. The van der Waals surface area contributed by atoms with Crippen molar-refractivity contribution >= 4 is 11.6 Å². The minimum absolute atomic E-state index is 0.0792. The van der Waals surface area contributed by atoms with Gasteiger partial charge in [-0.3, -0.25) is 4.79 Å². The number of alkyl halides is 3. The van der Waals surface area contributed by atoms with E-state index < -0.39 is 12.1 Å². The fourth-order valence-electron chi connectivity index (χ4n) is 1.94. The SMILES string of the molecule is O=C(CNc1ccccc1OC(F)(F)F)NCCOc1ccccc1. The Morgan fingerprint density at radius 1 is 1.00 bits per heavy atom. The van der Waals surface area contributed by atoms with Crippen molar-refractivity contribution in [1.82, 2.24) is 5.32 Å². The number of halogens is 3. The van der Waals surface area contributed by atoms with Crippen LogP contribution in [0.15, 0.2) is 54.6 Å². The average Bonchev–Trinajstić information content (AvgIpc) is 2.57. The predicted octanol–water partition coefficient (Wildman–Crippen LogP) is 3.19.